The Balaban J connectivity index is 0.000000187. The Kier molecular flexibility index (Phi) is 10.4. The van der Waals surface area contributed by atoms with E-state index in [-0.39, 0.29) is 10.2 Å². The summed E-state index contributed by atoms with van der Waals surface area (Å²) in [6, 6.07) is 17.3. The lowest BCUT2D eigenvalue weighted by atomic mass is 9.95. The Morgan fingerprint density at radius 2 is 1.43 bits per heavy atom. The van der Waals surface area contributed by atoms with E-state index in [1.807, 2.05) is 6.07 Å². The van der Waals surface area contributed by atoms with Crippen molar-refractivity contribution in [2.45, 2.75) is 13.0 Å². The molecule has 1 aromatic heterocycles. The molecule has 15 heteroatoms. The van der Waals surface area contributed by atoms with Crippen LogP contribution in [0.1, 0.15) is 5.56 Å². The lowest BCUT2D eigenvalue weighted by Gasteiger charge is -2.17. The van der Waals surface area contributed by atoms with Crippen molar-refractivity contribution in [3.8, 4) is 34.3 Å². The number of methoxy groups -OCH3 is 4. The van der Waals surface area contributed by atoms with Crippen LogP contribution in [0, 0.1) is 0 Å². The van der Waals surface area contributed by atoms with Crippen molar-refractivity contribution < 1.29 is 42.6 Å². The molecule has 13 nitrogen and oxygen atoms in total. The number of fused-ring (bicyclic) bond motifs is 5. The summed E-state index contributed by atoms with van der Waals surface area (Å²) in [5.41, 5.74) is 4.76. The summed E-state index contributed by atoms with van der Waals surface area (Å²) in [5.74, 6) is 3.18. The molecule has 2 aliphatic rings. The molecule has 0 spiro atoms. The number of thiocarbonyl (C=S) groups is 2. The van der Waals surface area contributed by atoms with Gasteiger partial charge in [-0.25, -0.2) is 9.59 Å². The third-order valence-electron chi connectivity index (χ3n) is 7.23. The second-order valence-electron chi connectivity index (χ2n) is 9.96. The van der Waals surface area contributed by atoms with Crippen LogP contribution < -0.4 is 44.8 Å². The predicted molar refractivity (Wildman–Crippen MR) is 182 cm³/mol. The zero-order valence-electron chi connectivity index (χ0n) is 25.9. The van der Waals surface area contributed by atoms with Crippen molar-refractivity contribution in [2.75, 3.05) is 45.9 Å². The van der Waals surface area contributed by atoms with E-state index < -0.39 is 12.2 Å². The third-order valence-corrected chi connectivity index (χ3v) is 7.63. The molecule has 0 aliphatic carbocycles. The third kappa shape index (κ3) is 7.53. The smallest absolute Gasteiger partial charge is 0.413 e. The van der Waals surface area contributed by atoms with Gasteiger partial charge >= 0.3 is 12.2 Å². The lowest BCUT2D eigenvalue weighted by molar-refractivity contribution is -0.686. The van der Waals surface area contributed by atoms with E-state index >= 15 is 0 Å². The number of amides is 2. The topological polar surface area (TPSA) is 142 Å². The SMILES string of the molecule is COC(=O)NC(=S)Nc1ccccc1NC(=S)NC(=O)OC.COc1ccc2cc3[n+](cc2c1OC)CCc1cc2c(cc1-3)OCO2. The molecular formula is C32H32N5O8S2+. The molecule has 244 valence electrons. The van der Waals surface area contributed by atoms with Crippen LogP contribution in [0.15, 0.2) is 60.8 Å². The fourth-order valence-corrected chi connectivity index (χ4v) is 5.45. The summed E-state index contributed by atoms with van der Waals surface area (Å²) >= 11 is 9.93. The van der Waals surface area contributed by atoms with Gasteiger partial charge in [-0.05, 0) is 71.8 Å². The maximum absolute atomic E-state index is 11.1. The summed E-state index contributed by atoms with van der Waals surface area (Å²) in [5, 5.41) is 12.5. The minimum atomic E-state index is -0.689. The minimum absolute atomic E-state index is 0.0490. The number of alkyl carbamates (subject to hydrolysis) is 2. The highest BCUT2D eigenvalue weighted by molar-refractivity contribution is 7.80. The molecule has 0 radical (unpaired) electrons. The van der Waals surface area contributed by atoms with Gasteiger partial charge in [0.2, 0.25) is 12.5 Å². The Bertz CT molecular complexity index is 1820. The maximum atomic E-state index is 11.1. The molecule has 0 bridgehead atoms. The Morgan fingerprint density at radius 3 is 2.00 bits per heavy atom. The van der Waals surface area contributed by atoms with Crippen LogP contribution >= 0.6 is 24.4 Å². The number of aryl methyl sites for hydroxylation is 2. The van der Waals surface area contributed by atoms with E-state index in [9.17, 15) is 9.59 Å². The van der Waals surface area contributed by atoms with Crippen molar-refractivity contribution in [1.82, 2.24) is 10.6 Å². The summed E-state index contributed by atoms with van der Waals surface area (Å²) in [6.07, 6.45) is 1.73. The molecular weight excluding hydrogens is 647 g/mol. The highest BCUT2D eigenvalue weighted by Gasteiger charge is 2.28. The number of rotatable bonds is 4. The van der Waals surface area contributed by atoms with E-state index in [2.05, 4.69) is 65.8 Å². The van der Waals surface area contributed by atoms with Crippen molar-refractivity contribution in [3.63, 3.8) is 0 Å². The standard InChI is InChI=1S/C20H18NO4.C12H14N4O4S2/c1-22-17-4-3-12-7-16-14-9-19-18(24-11-25-19)8-13(14)5-6-21(16)10-15(12)20(17)23-2;1-19-11(17)15-9(21)13-7-5-3-4-6-8(7)14-10(22)16-12(18)20-2/h3-4,7-10H,5-6,11H2,1-2H3;3-6H,1-2H3,(H2,13,15,17,21)(H2,14,16,18,22)/q+1;. The van der Waals surface area contributed by atoms with Crippen LogP contribution in [-0.4, -0.2) is 57.6 Å². The van der Waals surface area contributed by atoms with Crippen molar-refractivity contribution >= 4 is 69.0 Å². The van der Waals surface area contributed by atoms with Crippen molar-refractivity contribution in [2.24, 2.45) is 0 Å². The van der Waals surface area contributed by atoms with E-state index in [0.29, 0.717) is 18.2 Å². The lowest BCUT2D eigenvalue weighted by Crippen LogP contribution is -2.40. The van der Waals surface area contributed by atoms with Gasteiger partial charge in [-0.1, -0.05) is 12.1 Å². The van der Waals surface area contributed by atoms with Gasteiger partial charge in [0, 0.05) is 12.5 Å². The number of pyridine rings is 1. The monoisotopic (exact) mass is 678 g/mol. The van der Waals surface area contributed by atoms with Crippen LogP contribution in [0.3, 0.4) is 0 Å². The number of nitrogens with zero attached hydrogens (tertiary/aromatic N) is 1. The molecule has 47 heavy (non-hydrogen) atoms. The number of anilines is 2. The number of para-hydroxylation sites is 2. The van der Waals surface area contributed by atoms with Crippen LogP contribution in [0.4, 0.5) is 21.0 Å². The summed E-state index contributed by atoms with van der Waals surface area (Å²) in [4.78, 5) is 22.1. The van der Waals surface area contributed by atoms with Gasteiger partial charge in [-0.2, -0.15) is 4.57 Å². The van der Waals surface area contributed by atoms with Crippen LogP contribution in [0.25, 0.3) is 22.0 Å². The Morgan fingerprint density at radius 1 is 0.809 bits per heavy atom. The zero-order chi connectivity index (χ0) is 33.5. The van der Waals surface area contributed by atoms with Gasteiger partial charge in [0.05, 0.1) is 50.8 Å². The number of hydrogen-bond donors (Lipinski definition) is 4. The quantitative estimate of drug-likeness (QED) is 0.173. The molecule has 2 amide bonds. The normalized spacial score (nSPS) is 11.8. The molecule has 4 aromatic rings. The fraction of sp³-hybridized carbons (Fsp3) is 0.219. The highest BCUT2D eigenvalue weighted by Crippen LogP contribution is 2.41. The summed E-state index contributed by atoms with van der Waals surface area (Å²) in [6.45, 7) is 1.21. The number of aromatic nitrogens is 1. The number of nitrogens with one attached hydrogen (secondary N) is 4. The first-order valence-electron chi connectivity index (χ1n) is 14.2. The highest BCUT2D eigenvalue weighted by atomic mass is 32.1. The first-order valence-corrected chi connectivity index (χ1v) is 15.0. The van der Waals surface area contributed by atoms with Gasteiger partial charge in [0.1, 0.15) is 0 Å². The van der Waals surface area contributed by atoms with Crippen LogP contribution in [0.2, 0.25) is 0 Å². The molecule has 4 N–H and O–H groups in total. The second-order valence-corrected chi connectivity index (χ2v) is 10.8. The molecule has 0 fully saturated rings. The number of benzene rings is 3. The largest absolute Gasteiger partial charge is 0.493 e. The van der Waals surface area contributed by atoms with E-state index in [4.69, 9.17) is 43.4 Å². The van der Waals surface area contributed by atoms with Crippen LogP contribution in [-0.2, 0) is 22.4 Å². The summed E-state index contributed by atoms with van der Waals surface area (Å²) in [7, 11) is 5.79. The van der Waals surface area contributed by atoms with E-state index in [0.717, 1.165) is 46.7 Å². The van der Waals surface area contributed by atoms with E-state index in [1.54, 1.807) is 38.5 Å². The molecule has 2 aliphatic heterocycles. The van der Waals surface area contributed by atoms with Crippen molar-refractivity contribution in [3.05, 3.63) is 66.4 Å². The molecule has 6 rings (SSSR count). The molecule has 0 saturated carbocycles. The second kappa shape index (κ2) is 14.8. The number of carbonyl (C=O) groups excluding carboxylic acids is 2. The Hall–Kier alpha value is -5.41. The molecule has 0 unspecified atom stereocenters. The first kappa shape index (κ1) is 33.0. The van der Waals surface area contributed by atoms with Gasteiger partial charge in [-0.3, -0.25) is 10.6 Å². The fourth-order valence-electron chi connectivity index (χ4n) is 5.06. The van der Waals surface area contributed by atoms with Crippen LogP contribution in [0.5, 0.6) is 23.0 Å². The molecule has 3 aromatic carbocycles. The molecule has 3 heterocycles. The minimum Gasteiger partial charge on any atom is -0.493 e. The first-order chi connectivity index (χ1) is 22.7. The average Bonchev–Trinajstić information content (AvgIpc) is 3.54. The van der Waals surface area contributed by atoms with E-state index in [1.165, 1.54) is 31.0 Å². The maximum Gasteiger partial charge on any atom is 0.413 e. The molecule has 0 atom stereocenters. The predicted octanol–water partition coefficient (Wildman–Crippen LogP) is 4.89. The number of hydrogen-bond acceptors (Lipinski definition) is 10. The van der Waals surface area contributed by atoms with Gasteiger partial charge in [0.15, 0.2) is 46.0 Å². The van der Waals surface area contributed by atoms with Gasteiger partial charge in [-0.15, -0.1) is 0 Å². The van der Waals surface area contributed by atoms with Gasteiger partial charge < -0.3 is 39.1 Å². The van der Waals surface area contributed by atoms with Gasteiger partial charge in [0.25, 0.3) is 0 Å². The average molecular weight is 679 g/mol. The molecule has 0 saturated heterocycles. The Labute approximate surface area is 281 Å². The van der Waals surface area contributed by atoms with Crippen molar-refractivity contribution in [1.29, 1.82) is 0 Å². The number of carbonyl (C=O) groups is 2. The summed E-state index contributed by atoms with van der Waals surface area (Å²) < 4.78 is 33.3. The number of ether oxygens (including phenoxy) is 6. The zero-order valence-corrected chi connectivity index (χ0v) is 27.6.